The van der Waals surface area contributed by atoms with Gasteiger partial charge in [-0.1, -0.05) is 148 Å². The van der Waals surface area contributed by atoms with E-state index in [1.807, 2.05) is 30.3 Å². The van der Waals surface area contributed by atoms with E-state index in [4.69, 9.17) is 0 Å². The second-order valence-electron chi connectivity index (χ2n) is 16.0. The second kappa shape index (κ2) is 12.9. The fraction of sp³-hybridized carbons (Fsp3) is 0.120. The number of halogens is 1. The van der Waals surface area contributed by atoms with Crippen LogP contribution in [0.15, 0.2) is 170 Å². The highest BCUT2D eigenvalue weighted by Crippen LogP contribution is 2.56. The Bertz CT molecular complexity index is 2690. The monoisotopic (exact) mass is 718 g/mol. The van der Waals surface area contributed by atoms with Crippen LogP contribution in [-0.2, 0) is 5.41 Å². The van der Waals surface area contributed by atoms with Crippen molar-refractivity contribution < 1.29 is 4.39 Å². The first-order chi connectivity index (χ1) is 26.1. The van der Waals surface area contributed by atoms with Crippen molar-refractivity contribution in [1.82, 2.24) is 0 Å². The predicted molar refractivity (Wildman–Crippen MR) is 231 cm³/mol. The van der Waals surface area contributed by atoms with Crippen LogP contribution in [0, 0.1) is 5.82 Å². The lowest BCUT2D eigenvalue weighted by molar-refractivity contribution is 0.629. The highest BCUT2D eigenvalue weighted by atomic mass is 28.3. The molecule has 0 atom stereocenters. The minimum atomic E-state index is -1.49. The van der Waals surface area contributed by atoms with Crippen molar-refractivity contribution in [2.75, 3.05) is 9.80 Å². The molecule has 0 aromatic heterocycles. The molecule has 0 spiro atoms. The molecule has 0 radical (unpaired) electrons. The molecule has 54 heavy (non-hydrogen) atoms. The minimum Gasteiger partial charge on any atom is -0.310 e. The van der Waals surface area contributed by atoms with Crippen LogP contribution < -0.4 is 15.0 Å². The van der Waals surface area contributed by atoms with Crippen LogP contribution in [0.25, 0.3) is 32.7 Å². The van der Waals surface area contributed by atoms with E-state index in [0.717, 1.165) is 39.2 Å². The van der Waals surface area contributed by atoms with Gasteiger partial charge in [0.25, 0.3) is 0 Å². The maximum atomic E-state index is 15.8. The van der Waals surface area contributed by atoms with E-state index >= 15 is 4.39 Å². The van der Waals surface area contributed by atoms with Gasteiger partial charge in [-0.2, -0.15) is 0 Å². The van der Waals surface area contributed by atoms with Crippen LogP contribution in [0.1, 0.15) is 25.0 Å². The molecule has 0 unspecified atom stereocenters. The summed E-state index contributed by atoms with van der Waals surface area (Å²) in [5.74, 6) is -0.260. The van der Waals surface area contributed by atoms with E-state index in [-0.39, 0.29) is 11.2 Å². The van der Waals surface area contributed by atoms with Gasteiger partial charge in [0.2, 0.25) is 0 Å². The van der Waals surface area contributed by atoms with E-state index in [9.17, 15) is 0 Å². The van der Waals surface area contributed by atoms with Crippen LogP contribution in [0.3, 0.4) is 0 Å². The molecule has 0 aliphatic heterocycles. The Kier molecular flexibility index (Phi) is 8.06. The van der Waals surface area contributed by atoms with Gasteiger partial charge in [-0.3, -0.25) is 0 Å². The van der Waals surface area contributed by atoms with Crippen molar-refractivity contribution in [3.8, 4) is 11.1 Å². The Morgan fingerprint density at radius 1 is 0.463 bits per heavy atom. The molecule has 9 rings (SSSR count). The van der Waals surface area contributed by atoms with Crippen LogP contribution in [0.2, 0.25) is 19.6 Å². The molecule has 8 aromatic carbocycles. The third-order valence-corrected chi connectivity index (χ3v) is 13.3. The van der Waals surface area contributed by atoms with Crippen molar-refractivity contribution >= 4 is 68.9 Å². The lowest BCUT2D eigenvalue weighted by atomic mass is 9.81. The molecule has 0 N–H and O–H groups in total. The Hall–Kier alpha value is -5.97. The Balaban J connectivity index is 1.26. The predicted octanol–water partition coefficient (Wildman–Crippen LogP) is 13.9. The van der Waals surface area contributed by atoms with E-state index in [1.54, 1.807) is 12.1 Å². The fourth-order valence-corrected chi connectivity index (χ4v) is 9.60. The number of anilines is 6. The average molecular weight is 719 g/mol. The van der Waals surface area contributed by atoms with Crippen LogP contribution in [-0.4, -0.2) is 8.07 Å². The summed E-state index contributed by atoms with van der Waals surface area (Å²) >= 11 is 0. The summed E-state index contributed by atoms with van der Waals surface area (Å²) in [6, 6.07) is 59.6. The molecule has 4 heteroatoms. The number of benzene rings is 8. The van der Waals surface area contributed by atoms with Gasteiger partial charge in [0.05, 0.1) is 25.1 Å². The summed E-state index contributed by atoms with van der Waals surface area (Å²) in [5.41, 5.74) is 10.5. The van der Waals surface area contributed by atoms with Crippen molar-refractivity contribution in [3.05, 3.63) is 187 Å². The maximum Gasteiger partial charge on any atom is 0.147 e. The highest BCUT2D eigenvalue weighted by molar-refractivity contribution is 6.88. The summed E-state index contributed by atoms with van der Waals surface area (Å²) in [5, 5.41) is 6.11. The normalized spacial score (nSPS) is 13.1. The van der Waals surface area contributed by atoms with Crippen LogP contribution in [0.4, 0.5) is 38.5 Å². The molecule has 0 heterocycles. The van der Waals surface area contributed by atoms with Gasteiger partial charge in [0.1, 0.15) is 5.82 Å². The molecular weight excluding hydrogens is 676 g/mol. The van der Waals surface area contributed by atoms with Crippen molar-refractivity contribution in [2.24, 2.45) is 0 Å². The minimum absolute atomic E-state index is 0.260. The third kappa shape index (κ3) is 5.52. The number of rotatable bonds is 7. The lowest BCUT2D eigenvalue weighted by Crippen LogP contribution is -2.37. The highest BCUT2D eigenvalue weighted by Gasteiger charge is 2.39. The van der Waals surface area contributed by atoms with Gasteiger partial charge in [0, 0.05) is 33.2 Å². The van der Waals surface area contributed by atoms with E-state index in [0.29, 0.717) is 5.69 Å². The molecular formula is C50H43FN2Si. The average Bonchev–Trinajstić information content (AvgIpc) is 3.41. The molecule has 1 aliphatic rings. The van der Waals surface area contributed by atoms with Crippen LogP contribution >= 0.6 is 0 Å². The Morgan fingerprint density at radius 3 is 1.80 bits per heavy atom. The molecule has 0 saturated carbocycles. The van der Waals surface area contributed by atoms with E-state index in [2.05, 4.69) is 171 Å². The largest absolute Gasteiger partial charge is 0.310 e. The number of hydrogen-bond acceptors (Lipinski definition) is 2. The molecule has 0 saturated heterocycles. The maximum absolute atomic E-state index is 15.8. The Labute approximate surface area is 318 Å². The first kappa shape index (κ1) is 33.8. The molecule has 2 nitrogen and oxygen atoms in total. The van der Waals surface area contributed by atoms with Crippen molar-refractivity contribution in [2.45, 2.75) is 38.9 Å². The van der Waals surface area contributed by atoms with Gasteiger partial charge in [0.15, 0.2) is 0 Å². The van der Waals surface area contributed by atoms with Crippen LogP contribution in [0.5, 0.6) is 0 Å². The molecule has 0 amide bonds. The zero-order chi connectivity index (χ0) is 37.2. The van der Waals surface area contributed by atoms with Gasteiger partial charge in [-0.15, -0.1) is 0 Å². The summed E-state index contributed by atoms with van der Waals surface area (Å²) in [7, 11) is -1.49. The third-order valence-electron chi connectivity index (χ3n) is 11.2. The number of nitrogens with zero attached hydrogens (tertiary/aromatic N) is 2. The van der Waals surface area contributed by atoms with Crippen molar-refractivity contribution in [3.63, 3.8) is 0 Å². The van der Waals surface area contributed by atoms with E-state index < -0.39 is 8.07 Å². The summed E-state index contributed by atoms with van der Waals surface area (Å²) in [6.07, 6.45) is 0. The molecule has 0 bridgehead atoms. The molecule has 8 aromatic rings. The first-order valence-corrected chi connectivity index (χ1v) is 22.3. The first-order valence-electron chi connectivity index (χ1n) is 18.8. The SMILES string of the molecule is CC1(C)c2cc(N(c3ccc([Si](C)(C)C)cc3)c3cccc4ccccc34)ccc2-c2c1cc(N(c1ccccc1)c1ccccc1F)c1ccccc21. The quantitative estimate of drug-likeness (QED) is 0.151. The summed E-state index contributed by atoms with van der Waals surface area (Å²) in [6.45, 7) is 11.9. The molecule has 1 aliphatic carbocycles. The summed E-state index contributed by atoms with van der Waals surface area (Å²) in [4.78, 5) is 4.50. The van der Waals surface area contributed by atoms with Gasteiger partial charge in [-0.25, -0.2) is 4.39 Å². The Morgan fingerprint density at radius 2 is 1.06 bits per heavy atom. The number of hydrogen-bond donors (Lipinski definition) is 0. The zero-order valence-electron chi connectivity index (χ0n) is 31.4. The summed E-state index contributed by atoms with van der Waals surface area (Å²) < 4.78 is 15.8. The topological polar surface area (TPSA) is 6.48 Å². The fourth-order valence-electron chi connectivity index (χ4n) is 8.43. The van der Waals surface area contributed by atoms with Gasteiger partial charge < -0.3 is 9.80 Å². The molecule has 264 valence electrons. The van der Waals surface area contributed by atoms with E-state index in [1.165, 1.54) is 38.2 Å². The smallest absolute Gasteiger partial charge is 0.147 e. The van der Waals surface area contributed by atoms with Crippen molar-refractivity contribution in [1.29, 1.82) is 0 Å². The molecule has 0 fully saturated rings. The number of para-hydroxylation sites is 2. The van der Waals surface area contributed by atoms with Gasteiger partial charge >= 0.3 is 0 Å². The lowest BCUT2D eigenvalue weighted by Gasteiger charge is -2.30. The van der Waals surface area contributed by atoms with Gasteiger partial charge in [-0.05, 0) is 93.7 Å². The number of fused-ring (bicyclic) bond motifs is 6. The standard InChI is InChI=1S/C50H43FN2Si/c1-50(2)43-32-37(52(36-26-29-38(30-27-36)54(3,4)5)46-25-15-17-34-16-9-10-20-39(34)46)28-31-42(43)49-41-22-12-11-21-40(41)48(33-44(49)50)53(35-18-7-6-8-19-35)47-24-14-13-23-45(47)51/h6-33H,1-5H3. The second-order valence-corrected chi connectivity index (χ2v) is 21.0. The zero-order valence-corrected chi connectivity index (χ0v) is 32.4.